The van der Waals surface area contributed by atoms with Crippen molar-refractivity contribution in [2.75, 3.05) is 5.32 Å². The summed E-state index contributed by atoms with van der Waals surface area (Å²) in [6.45, 7) is 0. The number of hydrogen-bond donors (Lipinski definition) is 1. The molecule has 0 aliphatic rings. The molecular formula is C12H6Cl2N6. The highest BCUT2D eigenvalue weighted by Crippen LogP contribution is 2.27. The van der Waals surface area contributed by atoms with Crippen LogP contribution < -0.4 is 5.32 Å². The molecule has 20 heavy (non-hydrogen) atoms. The molecule has 0 bridgehead atoms. The zero-order chi connectivity index (χ0) is 14.1. The summed E-state index contributed by atoms with van der Waals surface area (Å²) in [6, 6.07) is 8.57. The molecule has 3 rings (SSSR count). The van der Waals surface area contributed by atoms with Gasteiger partial charge in [0.1, 0.15) is 17.3 Å². The monoisotopic (exact) mass is 304 g/mol. The van der Waals surface area contributed by atoms with Gasteiger partial charge in [-0.05, 0) is 18.2 Å². The van der Waals surface area contributed by atoms with E-state index < -0.39 is 0 Å². The van der Waals surface area contributed by atoms with E-state index in [0.717, 1.165) is 0 Å². The van der Waals surface area contributed by atoms with Gasteiger partial charge in [-0.2, -0.15) is 24.8 Å². The molecule has 0 aliphatic carbocycles. The molecule has 0 fully saturated rings. The molecule has 0 aliphatic heterocycles. The third-order valence-electron chi connectivity index (χ3n) is 2.58. The number of anilines is 2. The van der Waals surface area contributed by atoms with Gasteiger partial charge in [0.05, 0.1) is 22.3 Å². The predicted molar refractivity (Wildman–Crippen MR) is 75.2 cm³/mol. The minimum atomic E-state index is 0.290. The zero-order valence-corrected chi connectivity index (χ0v) is 11.4. The van der Waals surface area contributed by atoms with E-state index in [2.05, 4.69) is 20.4 Å². The third-order valence-corrected chi connectivity index (χ3v) is 3.09. The molecule has 0 radical (unpaired) electrons. The molecule has 98 valence electrons. The number of halogens is 2. The molecular weight excluding hydrogens is 299 g/mol. The summed E-state index contributed by atoms with van der Waals surface area (Å²) in [7, 11) is 0. The second kappa shape index (κ2) is 4.96. The van der Waals surface area contributed by atoms with Crippen molar-refractivity contribution in [2.45, 2.75) is 0 Å². The van der Waals surface area contributed by atoms with Crippen LogP contribution in [0.4, 0.5) is 11.5 Å². The van der Waals surface area contributed by atoms with Crippen molar-refractivity contribution in [1.82, 2.24) is 19.6 Å². The first kappa shape index (κ1) is 12.7. The number of benzene rings is 1. The fraction of sp³-hybridized carbons (Fsp3) is 0. The summed E-state index contributed by atoms with van der Waals surface area (Å²) in [4.78, 5) is 8.00. The molecule has 0 amide bonds. The second-order valence-corrected chi connectivity index (χ2v) is 4.66. The van der Waals surface area contributed by atoms with Crippen LogP contribution in [0.3, 0.4) is 0 Å². The van der Waals surface area contributed by atoms with E-state index in [0.29, 0.717) is 27.9 Å². The fourth-order valence-electron chi connectivity index (χ4n) is 1.70. The lowest BCUT2D eigenvalue weighted by Crippen LogP contribution is -2.02. The Kier molecular flexibility index (Phi) is 3.14. The zero-order valence-electron chi connectivity index (χ0n) is 9.88. The lowest BCUT2D eigenvalue weighted by molar-refractivity contribution is 0.947. The van der Waals surface area contributed by atoms with Gasteiger partial charge in [0, 0.05) is 6.07 Å². The van der Waals surface area contributed by atoms with Crippen LogP contribution in [0.5, 0.6) is 0 Å². The van der Waals surface area contributed by atoms with Crippen molar-refractivity contribution in [3.8, 4) is 6.07 Å². The average Bonchev–Trinajstić information content (AvgIpc) is 2.89. The van der Waals surface area contributed by atoms with Gasteiger partial charge in [0.15, 0.2) is 0 Å². The second-order valence-electron chi connectivity index (χ2n) is 3.87. The van der Waals surface area contributed by atoms with E-state index in [4.69, 9.17) is 28.5 Å². The van der Waals surface area contributed by atoms with Crippen molar-refractivity contribution in [2.24, 2.45) is 0 Å². The number of rotatable bonds is 2. The molecule has 1 N–H and O–H groups in total. The van der Waals surface area contributed by atoms with Crippen LogP contribution >= 0.6 is 23.2 Å². The first-order chi connectivity index (χ1) is 9.67. The van der Waals surface area contributed by atoms with Crippen LogP contribution in [-0.2, 0) is 0 Å². The molecule has 6 nitrogen and oxygen atoms in total. The highest BCUT2D eigenvalue weighted by molar-refractivity contribution is 6.33. The van der Waals surface area contributed by atoms with Gasteiger partial charge in [-0.15, -0.1) is 0 Å². The minimum absolute atomic E-state index is 0.290. The third kappa shape index (κ3) is 2.25. The van der Waals surface area contributed by atoms with Gasteiger partial charge in [0.2, 0.25) is 0 Å². The van der Waals surface area contributed by atoms with Crippen molar-refractivity contribution in [1.29, 1.82) is 5.26 Å². The number of aromatic nitrogens is 4. The summed E-state index contributed by atoms with van der Waals surface area (Å²) >= 11 is 12.0. The minimum Gasteiger partial charge on any atom is -0.339 e. The van der Waals surface area contributed by atoms with Crippen molar-refractivity contribution < 1.29 is 0 Å². The largest absolute Gasteiger partial charge is 0.339 e. The van der Waals surface area contributed by atoms with Crippen LogP contribution in [0.1, 0.15) is 5.56 Å². The fourth-order valence-corrected chi connectivity index (χ4v) is 2.10. The Morgan fingerprint density at radius 1 is 1.25 bits per heavy atom. The lowest BCUT2D eigenvalue weighted by atomic mass is 10.2. The van der Waals surface area contributed by atoms with E-state index in [9.17, 15) is 0 Å². The Balaban J connectivity index is 2.05. The molecule has 8 heteroatoms. The summed E-state index contributed by atoms with van der Waals surface area (Å²) in [5, 5.41) is 16.7. The molecule has 0 saturated carbocycles. The van der Waals surface area contributed by atoms with Gasteiger partial charge < -0.3 is 5.32 Å². The highest BCUT2D eigenvalue weighted by Gasteiger charge is 2.09. The summed E-state index contributed by atoms with van der Waals surface area (Å²) in [6.07, 6.45) is 1.38. The van der Waals surface area contributed by atoms with Crippen LogP contribution in [-0.4, -0.2) is 19.6 Å². The summed E-state index contributed by atoms with van der Waals surface area (Å²) in [5.41, 5.74) is 1.11. The van der Waals surface area contributed by atoms with Gasteiger partial charge in [-0.25, -0.2) is 0 Å². The van der Waals surface area contributed by atoms with Crippen LogP contribution in [0.2, 0.25) is 10.2 Å². The molecule has 0 saturated heterocycles. The number of hydrogen-bond acceptors (Lipinski definition) is 5. The quantitative estimate of drug-likeness (QED) is 0.736. The molecule has 2 aromatic heterocycles. The van der Waals surface area contributed by atoms with E-state index >= 15 is 0 Å². The lowest BCUT2D eigenvalue weighted by Gasteiger charge is -2.09. The maximum Gasteiger partial charge on any atom is 0.255 e. The van der Waals surface area contributed by atoms with Crippen molar-refractivity contribution >= 4 is 40.5 Å². The predicted octanol–water partition coefficient (Wildman–Crippen LogP) is 3.05. The average molecular weight is 305 g/mol. The van der Waals surface area contributed by atoms with Crippen LogP contribution in [0.15, 0.2) is 30.6 Å². The van der Waals surface area contributed by atoms with E-state index in [1.807, 2.05) is 6.07 Å². The molecule has 0 unspecified atom stereocenters. The number of nitrogens with zero attached hydrogens (tertiary/aromatic N) is 5. The van der Waals surface area contributed by atoms with Crippen molar-refractivity contribution in [3.63, 3.8) is 0 Å². The standard InChI is InChI=1S/C12H6Cl2N6/c13-8-3-7(5-15)1-2-9(8)18-11-4-10(14)19-12-16-6-17-20(11)12/h1-4,6,18H. The maximum absolute atomic E-state index is 8.82. The van der Waals surface area contributed by atoms with Gasteiger partial charge in [-0.3, -0.25) is 0 Å². The van der Waals surface area contributed by atoms with Gasteiger partial charge >= 0.3 is 0 Å². The van der Waals surface area contributed by atoms with Crippen LogP contribution in [0, 0.1) is 11.3 Å². The summed E-state index contributed by atoms with van der Waals surface area (Å²) < 4.78 is 1.50. The van der Waals surface area contributed by atoms with E-state index in [1.165, 1.54) is 10.8 Å². The van der Waals surface area contributed by atoms with E-state index in [-0.39, 0.29) is 5.15 Å². The highest BCUT2D eigenvalue weighted by atomic mass is 35.5. The molecule has 0 spiro atoms. The smallest absolute Gasteiger partial charge is 0.255 e. The Morgan fingerprint density at radius 3 is 2.85 bits per heavy atom. The van der Waals surface area contributed by atoms with Crippen LogP contribution in [0.25, 0.3) is 5.78 Å². The van der Waals surface area contributed by atoms with Gasteiger partial charge in [-0.1, -0.05) is 23.2 Å². The first-order valence-electron chi connectivity index (χ1n) is 5.50. The molecule has 0 atom stereocenters. The Labute approximate surface area is 123 Å². The molecule has 1 aromatic carbocycles. The van der Waals surface area contributed by atoms with Gasteiger partial charge in [0.25, 0.3) is 5.78 Å². The number of nitrogens with one attached hydrogen (secondary N) is 1. The van der Waals surface area contributed by atoms with Crippen molar-refractivity contribution in [3.05, 3.63) is 46.3 Å². The Bertz CT molecular complexity index is 836. The number of nitriles is 1. The number of fused-ring (bicyclic) bond motifs is 1. The summed E-state index contributed by atoms with van der Waals surface area (Å²) in [5.74, 6) is 0.953. The molecule has 3 aromatic rings. The normalized spacial score (nSPS) is 10.4. The van der Waals surface area contributed by atoms with E-state index in [1.54, 1.807) is 24.3 Å². The topological polar surface area (TPSA) is 78.9 Å². The Hall–Kier alpha value is -2.36. The first-order valence-corrected chi connectivity index (χ1v) is 6.26. The molecule has 2 heterocycles. The maximum atomic E-state index is 8.82. The Morgan fingerprint density at radius 2 is 2.10 bits per heavy atom. The SMILES string of the molecule is N#Cc1ccc(Nc2cc(Cl)nc3ncnn23)c(Cl)c1.